The normalized spacial score (nSPS) is 22.3. The van der Waals surface area contributed by atoms with Crippen LogP contribution in [0.3, 0.4) is 0 Å². The molecule has 1 aliphatic carbocycles. The lowest BCUT2D eigenvalue weighted by atomic mass is 9.84. The Kier molecular flexibility index (Phi) is 9.91. The molecule has 45 heavy (non-hydrogen) atoms. The summed E-state index contributed by atoms with van der Waals surface area (Å²) in [6.07, 6.45) is 9.70. The highest BCUT2D eigenvalue weighted by molar-refractivity contribution is 6.30. The van der Waals surface area contributed by atoms with Gasteiger partial charge in [0.25, 0.3) is 0 Å². The van der Waals surface area contributed by atoms with Crippen LogP contribution in [0.5, 0.6) is 11.5 Å². The number of halogens is 1. The zero-order valence-corrected chi connectivity index (χ0v) is 28.1. The molecule has 0 spiro atoms. The van der Waals surface area contributed by atoms with Crippen LogP contribution < -0.4 is 19.3 Å². The van der Waals surface area contributed by atoms with Gasteiger partial charge in [-0.2, -0.15) is 0 Å². The lowest BCUT2D eigenvalue weighted by molar-refractivity contribution is -0.118. The number of nitrogens with zero attached hydrogens (tertiary/aromatic N) is 3. The van der Waals surface area contributed by atoms with Crippen LogP contribution in [0.2, 0.25) is 5.02 Å². The van der Waals surface area contributed by atoms with E-state index in [0.29, 0.717) is 22.9 Å². The van der Waals surface area contributed by atoms with Crippen molar-refractivity contribution in [2.75, 3.05) is 43.6 Å². The van der Waals surface area contributed by atoms with E-state index in [1.165, 1.54) is 63.7 Å². The number of fused-ring (bicyclic) bond motifs is 1. The maximum atomic E-state index is 13.9. The number of benzene rings is 3. The first-order valence-corrected chi connectivity index (χ1v) is 17.2. The van der Waals surface area contributed by atoms with E-state index in [0.717, 1.165) is 40.9 Å². The van der Waals surface area contributed by atoms with Gasteiger partial charge < -0.3 is 24.2 Å². The molecule has 6 rings (SSSR count). The summed E-state index contributed by atoms with van der Waals surface area (Å²) in [6.45, 7) is 7.67. The molecule has 0 bridgehead atoms. The Morgan fingerprint density at radius 1 is 0.911 bits per heavy atom. The first-order valence-electron chi connectivity index (χ1n) is 16.8. The largest absolute Gasteiger partial charge is 0.493 e. The fourth-order valence-corrected chi connectivity index (χ4v) is 7.79. The molecule has 0 radical (unpaired) electrons. The minimum absolute atomic E-state index is 0.0125. The molecule has 0 aromatic heterocycles. The number of piperidine rings is 1. The lowest BCUT2D eigenvalue weighted by Crippen LogP contribution is -2.42. The van der Waals surface area contributed by atoms with Gasteiger partial charge >= 0.3 is 0 Å². The molecule has 3 aromatic rings. The van der Waals surface area contributed by atoms with Crippen LogP contribution in [0.1, 0.15) is 81.5 Å². The molecule has 2 heterocycles. The molecular weight excluding hydrogens is 582 g/mol. The van der Waals surface area contributed by atoms with E-state index in [1.54, 1.807) is 7.11 Å². The molecule has 2 fully saturated rings. The van der Waals surface area contributed by atoms with Gasteiger partial charge in [0.05, 0.1) is 25.7 Å². The van der Waals surface area contributed by atoms with Crippen LogP contribution in [0.25, 0.3) is 0 Å². The molecule has 6 nitrogen and oxygen atoms in total. The maximum absolute atomic E-state index is 13.9. The zero-order chi connectivity index (χ0) is 31.5. The minimum atomic E-state index is -0.322. The van der Waals surface area contributed by atoms with Crippen molar-refractivity contribution in [3.8, 4) is 11.5 Å². The SMILES string of the molecule is COc1cc2c(cc1OC(C)C)[C@H](c1ccc(Cl)cc1)N(c1ccc(N(C)CC3CCC(N4CCCCC4)CC3)cc1)C(=O)C2. The average Bonchev–Trinajstić information content (AvgIpc) is 3.05. The van der Waals surface area contributed by atoms with Gasteiger partial charge in [0, 0.05) is 36.0 Å². The Bertz CT molecular complexity index is 1440. The molecule has 1 saturated heterocycles. The molecule has 2 aliphatic heterocycles. The topological polar surface area (TPSA) is 45.3 Å². The molecule has 3 aliphatic rings. The van der Waals surface area contributed by atoms with Crippen LogP contribution in [-0.2, 0) is 11.2 Å². The Morgan fingerprint density at radius 2 is 1.60 bits per heavy atom. The number of likely N-dealkylation sites (tertiary alicyclic amines) is 1. The molecule has 1 atom stereocenters. The first-order chi connectivity index (χ1) is 21.8. The minimum Gasteiger partial charge on any atom is -0.493 e. The summed E-state index contributed by atoms with van der Waals surface area (Å²) in [5.74, 6) is 2.10. The number of ether oxygens (including phenoxy) is 2. The summed E-state index contributed by atoms with van der Waals surface area (Å²) in [5, 5.41) is 0.665. The van der Waals surface area contributed by atoms with Gasteiger partial charge in [-0.05, 0) is 137 Å². The highest BCUT2D eigenvalue weighted by Gasteiger charge is 2.36. The summed E-state index contributed by atoms with van der Waals surface area (Å²) in [7, 11) is 3.84. The van der Waals surface area contributed by atoms with Gasteiger partial charge in [0.2, 0.25) is 5.91 Å². The van der Waals surface area contributed by atoms with Crippen molar-refractivity contribution in [1.29, 1.82) is 0 Å². The molecule has 240 valence electrons. The van der Waals surface area contributed by atoms with Gasteiger partial charge in [-0.15, -0.1) is 0 Å². The first kappa shape index (κ1) is 31.7. The van der Waals surface area contributed by atoms with Gasteiger partial charge in [-0.3, -0.25) is 4.79 Å². The third kappa shape index (κ3) is 7.12. The summed E-state index contributed by atoms with van der Waals surface area (Å²) in [5.41, 5.74) is 5.05. The number of amides is 1. The summed E-state index contributed by atoms with van der Waals surface area (Å²) < 4.78 is 11.8. The second-order valence-electron chi connectivity index (χ2n) is 13.4. The van der Waals surface area contributed by atoms with Crippen molar-refractivity contribution in [3.63, 3.8) is 0 Å². The van der Waals surface area contributed by atoms with Gasteiger partial charge in [0.1, 0.15) is 0 Å². The number of carbonyl (C=O) groups is 1. The molecule has 0 unspecified atom stereocenters. The fraction of sp³-hybridized carbons (Fsp3) is 0.500. The Balaban J connectivity index is 1.22. The van der Waals surface area contributed by atoms with E-state index in [2.05, 4.69) is 47.2 Å². The molecule has 1 saturated carbocycles. The third-order valence-corrected chi connectivity index (χ3v) is 10.2. The van der Waals surface area contributed by atoms with Crippen molar-refractivity contribution in [2.24, 2.45) is 5.92 Å². The van der Waals surface area contributed by atoms with Crippen LogP contribution in [0, 0.1) is 5.92 Å². The Morgan fingerprint density at radius 3 is 2.24 bits per heavy atom. The molecule has 1 amide bonds. The van der Waals surface area contributed by atoms with E-state index in [4.69, 9.17) is 21.1 Å². The predicted molar refractivity (Wildman–Crippen MR) is 184 cm³/mol. The number of hydrogen-bond acceptors (Lipinski definition) is 5. The number of methoxy groups -OCH3 is 1. The van der Waals surface area contributed by atoms with E-state index in [-0.39, 0.29) is 18.1 Å². The number of hydrogen-bond donors (Lipinski definition) is 0. The second kappa shape index (κ2) is 14.0. The second-order valence-corrected chi connectivity index (χ2v) is 13.9. The number of carbonyl (C=O) groups excluding carboxylic acids is 1. The monoisotopic (exact) mass is 629 g/mol. The zero-order valence-electron chi connectivity index (χ0n) is 27.3. The van der Waals surface area contributed by atoms with E-state index in [1.807, 2.05) is 49.1 Å². The van der Waals surface area contributed by atoms with E-state index < -0.39 is 0 Å². The Labute approximate surface area is 274 Å². The lowest BCUT2D eigenvalue weighted by Gasteiger charge is -2.40. The Hall–Kier alpha value is -3.22. The van der Waals surface area contributed by atoms with Gasteiger partial charge in [-0.25, -0.2) is 0 Å². The van der Waals surface area contributed by atoms with Gasteiger partial charge in [0.15, 0.2) is 11.5 Å². The van der Waals surface area contributed by atoms with Crippen molar-refractivity contribution >= 4 is 28.9 Å². The van der Waals surface area contributed by atoms with E-state index >= 15 is 0 Å². The van der Waals surface area contributed by atoms with Crippen molar-refractivity contribution < 1.29 is 14.3 Å². The number of anilines is 2. The summed E-state index contributed by atoms with van der Waals surface area (Å²) in [6, 6.07) is 20.8. The quantitative estimate of drug-likeness (QED) is 0.238. The highest BCUT2D eigenvalue weighted by atomic mass is 35.5. The maximum Gasteiger partial charge on any atom is 0.232 e. The highest BCUT2D eigenvalue weighted by Crippen LogP contribution is 2.44. The predicted octanol–water partition coefficient (Wildman–Crippen LogP) is 8.30. The molecule has 3 aromatic carbocycles. The molecule has 7 heteroatoms. The summed E-state index contributed by atoms with van der Waals surface area (Å²) in [4.78, 5) is 21.0. The van der Waals surface area contributed by atoms with Crippen LogP contribution in [-0.4, -0.2) is 56.7 Å². The molecular formula is C38H48ClN3O3. The molecule has 0 N–H and O–H groups in total. The van der Waals surface area contributed by atoms with Crippen LogP contribution in [0.4, 0.5) is 11.4 Å². The standard InChI is InChI=1S/C38H48ClN3O3/c1-26(2)45-36-24-34-29(22-35(36)44-4)23-37(43)42(38(34)28-10-12-30(39)13-11-28)33-18-16-31(17-19-33)40(3)25-27-8-14-32(15-9-27)41-20-6-5-7-21-41/h10-13,16-19,22,24,26-27,32,38H,5-9,14-15,20-21,23,25H2,1-4H3/t27?,32?,38-/m0/s1. The summed E-state index contributed by atoms with van der Waals surface area (Å²) >= 11 is 6.29. The van der Waals surface area contributed by atoms with E-state index in [9.17, 15) is 4.79 Å². The van der Waals surface area contributed by atoms with Crippen LogP contribution in [0.15, 0.2) is 60.7 Å². The fourth-order valence-electron chi connectivity index (χ4n) is 7.67. The van der Waals surface area contributed by atoms with Crippen LogP contribution >= 0.6 is 11.6 Å². The van der Waals surface area contributed by atoms with Crippen molar-refractivity contribution in [3.05, 3.63) is 82.4 Å². The average molecular weight is 630 g/mol. The van der Waals surface area contributed by atoms with Crippen molar-refractivity contribution in [1.82, 2.24) is 4.90 Å². The van der Waals surface area contributed by atoms with Gasteiger partial charge in [-0.1, -0.05) is 30.2 Å². The van der Waals surface area contributed by atoms with Crippen molar-refractivity contribution in [2.45, 2.75) is 83.4 Å². The third-order valence-electron chi connectivity index (χ3n) is 9.96. The number of rotatable bonds is 9. The smallest absolute Gasteiger partial charge is 0.232 e.